The summed E-state index contributed by atoms with van der Waals surface area (Å²) in [7, 11) is 0. The van der Waals surface area contributed by atoms with Gasteiger partial charge in [0.2, 0.25) is 0 Å². The monoisotopic (exact) mass is 180 g/mol. The van der Waals surface area contributed by atoms with Crippen LogP contribution in [0.15, 0.2) is 12.1 Å². The SMILES string of the molecule is CC(=O)Oc1ccc(C)c(O)c1C. The molecule has 1 N–H and O–H groups in total. The molecule has 0 aliphatic rings. The molecule has 0 aromatic heterocycles. The first-order chi connectivity index (χ1) is 6.02. The van der Waals surface area contributed by atoms with Crippen LogP contribution < -0.4 is 4.74 Å². The van der Waals surface area contributed by atoms with Crippen molar-refractivity contribution in [1.29, 1.82) is 0 Å². The van der Waals surface area contributed by atoms with Crippen LogP contribution in [0.5, 0.6) is 11.5 Å². The third-order valence-corrected chi connectivity index (χ3v) is 1.84. The molecule has 1 aromatic rings. The minimum absolute atomic E-state index is 0.179. The lowest BCUT2D eigenvalue weighted by Crippen LogP contribution is -2.02. The molecule has 0 amide bonds. The lowest BCUT2D eigenvalue weighted by molar-refractivity contribution is -0.131. The number of aromatic hydroxyl groups is 1. The molecule has 0 fully saturated rings. The normalized spacial score (nSPS) is 9.77. The summed E-state index contributed by atoms with van der Waals surface area (Å²) in [5, 5.41) is 9.51. The molecule has 0 aliphatic carbocycles. The molecule has 0 spiro atoms. The summed E-state index contributed by atoms with van der Waals surface area (Å²) < 4.78 is 4.88. The van der Waals surface area contributed by atoms with E-state index in [4.69, 9.17) is 4.74 Å². The number of rotatable bonds is 1. The minimum atomic E-state index is -0.383. The summed E-state index contributed by atoms with van der Waals surface area (Å²) in [6, 6.07) is 3.38. The van der Waals surface area contributed by atoms with Gasteiger partial charge in [0.1, 0.15) is 11.5 Å². The van der Waals surface area contributed by atoms with Gasteiger partial charge in [-0.15, -0.1) is 0 Å². The summed E-state index contributed by atoms with van der Waals surface area (Å²) in [5.41, 5.74) is 1.36. The van der Waals surface area contributed by atoms with Gasteiger partial charge in [-0.25, -0.2) is 0 Å². The molecule has 70 valence electrons. The van der Waals surface area contributed by atoms with Crippen molar-refractivity contribution in [3.63, 3.8) is 0 Å². The first-order valence-electron chi connectivity index (χ1n) is 4.00. The van der Waals surface area contributed by atoms with Gasteiger partial charge in [-0.05, 0) is 25.5 Å². The van der Waals surface area contributed by atoms with Gasteiger partial charge in [-0.1, -0.05) is 6.07 Å². The Morgan fingerprint density at radius 2 is 2.00 bits per heavy atom. The summed E-state index contributed by atoms with van der Waals surface area (Å²) in [4.78, 5) is 10.7. The van der Waals surface area contributed by atoms with E-state index >= 15 is 0 Å². The highest BCUT2D eigenvalue weighted by Gasteiger charge is 2.08. The second-order valence-electron chi connectivity index (χ2n) is 2.95. The van der Waals surface area contributed by atoms with Crippen LogP contribution in [0.4, 0.5) is 0 Å². The number of hydrogen-bond donors (Lipinski definition) is 1. The molecule has 1 rings (SSSR count). The highest BCUT2D eigenvalue weighted by atomic mass is 16.5. The maximum atomic E-state index is 10.7. The maximum absolute atomic E-state index is 10.7. The highest BCUT2D eigenvalue weighted by molar-refractivity contribution is 5.70. The van der Waals surface area contributed by atoms with Gasteiger partial charge in [0.05, 0.1) is 0 Å². The van der Waals surface area contributed by atoms with Crippen LogP contribution in [-0.2, 0) is 4.79 Å². The fourth-order valence-corrected chi connectivity index (χ4v) is 1.08. The summed E-state index contributed by atoms with van der Waals surface area (Å²) in [6.07, 6.45) is 0. The van der Waals surface area contributed by atoms with Gasteiger partial charge >= 0.3 is 5.97 Å². The average Bonchev–Trinajstić information content (AvgIpc) is 2.06. The van der Waals surface area contributed by atoms with E-state index in [1.54, 1.807) is 26.0 Å². The Kier molecular flexibility index (Phi) is 2.56. The van der Waals surface area contributed by atoms with E-state index < -0.39 is 0 Å². The van der Waals surface area contributed by atoms with E-state index in [1.807, 2.05) is 0 Å². The smallest absolute Gasteiger partial charge is 0.308 e. The number of carbonyl (C=O) groups is 1. The topological polar surface area (TPSA) is 46.5 Å². The van der Waals surface area contributed by atoms with Crippen LogP contribution in [0.2, 0.25) is 0 Å². The van der Waals surface area contributed by atoms with E-state index in [1.165, 1.54) is 6.92 Å². The number of ether oxygens (including phenoxy) is 1. The molecule has 3 nitrogen and oxygen atoms in total. The molecule has 13 heavy (non-hydrogen) atoms. The van der Waals surface area contributed by atoms with Crippen molar-refractivity contribution in [3.8, 4) is 11.5 Å². The number of phenolic OH excluding ortho intramolecular Hbond substituents is 1. The summed E-state index contributed by atoms with van der Waals surface area (Å²) in [5.74, 6) is 0.209. The number of phenols is 1. The Morgan fingerprint density at radius 3 is 2.54 bits per heavy atom. The molecule has 0 saturated heterocycles. The Balaban J connectivity index is 3.10. The van der Waals surface area contributed by atoms with Crippen LogP contribution >= 0.6 is 0 Å². The molecule has 0 heterocycles. The van der Waals surface area contributed by atoms with Gasteiger partial charge in [0.15, 0.2) is 0 Å². The van der Waals surface area contributed by atoms with Crippen LogP contribution in [0.1, 0.15) is 18.1 Å². The molecule has 0 atom stereocenters. The molecule has 0 radical (unpaired) electrons. The van der Waals surface area contributed by atoms with Gasteiger partial charge in [-0.3, -0.25) is 4.79 Å². The second kappa shape index (κ2) is 3.47. The molecular formula is C10H12O3. The van der Waals surface area contributed by atoms with Crippen LogP contribution in [0.3, 0.4) is 0 Å². The fraction of sp³-hybridized carbons (Fsp3) is 0.300. The van der Waals surface area contributed by atoms with Crippen molar-refractivity contribution >= 4 is 5.97 Å². The quantitative estimate of drug-likeness (QED) is 0.530. The molecule has 0 unspecified atom stereocenters. The highest BCUT2D eigenvalue weighted by Crippen LogP contribution is 2.29. The number of aryl methyl sites for hydroxylation is 1. The van der Waals surface area contributed by atoms with E-state index in [9.17, 15) is 9.90 Å². The van der Waals surface area contributed by atoms with Crippen molar-refractivity contribution in [2.24, 2.45) is 0 Å². The van der Waals surface area contributed by atoms with Crippen molar-refractivity contribution in [2.45, 2.75) is 20.8 Å². The lowest BCUT2D eigenvalue weighted by atomic mass is 10.1. The van der Waals surface area contributed by atoms with Crippen molar-refractivity contribution < 1.29 is 14.6 Å². The first-order valence-corrected chi connectivity index (χ1v) is 4.00. The largest absolute Gasteiger partial charge is 0.507 e. The Hall–Kier alpha value is -1.51. The molecule has 3 heteroatoms. The number of hydrogen-bond acceptors (Lipinski definition) is 3. The third kappa shape index (κ3) is 1.99. The lowest BCUT2D eigenvalue weighted by Gasteiger charge is -2.08. The van der Waals surface area contributed by atoms with Crippen molar-refractivity contribution in [1.82, 2.24) is 0 Å². The molecular weight excluding hydrogens is 168 g/mol. The average molecular weight is 180 g/mol. The fourth-order valence-electron chi connectivity index (χ4n) is 1.08. The van der Waals surface area contributed by atoms with Gasteiger partial charge in [0.25, 0.3) is 0 Å². The second-order valence-corrected chi connectivity index (χ2v) is 2.95. The van der Waals surface area contributed by atoms with Crippen LogP contribution in [0.25, 0.3) is 0 Å². The number of carbonyl (C=O) groups excluding carboxylic acids is 1. The molecule has 0 bridgehead atoms. The summed E-state index contributed by atoms with van der Waals surface area (Å²) in [6.45, 7) is 4.83. The van der Waals surface area contributed by atoms with E-state index in [-0.39, 0.29) is 11.7 Å². The molecule has 0 saturated carbocycles. The maximum Gasteiger partial charge on any atom is 0.308 e. The first kappa shape index (κ1) is 9.58. The Morgan fingerprint density at radius 1 is 1.38 bits per heavy atom. The predicted octanol–water partition coefficient (Wildman–Crippen LogP) is 1.93. The van der Waals surface area contributed by atoms with Gasteiger partial charge < -0.3 is 9.84 Å². The van der Waals surface area contributed by atoms with E-state index in [0.717, 1.165) is 5.56 Å². The number of esters is 1. The Labute approximate surface area is 77.0 Å². The third-order valence-electron chi connectivity index (χ3n) is 1.84. The van der Waals surface area contributed by atoms with E-state index in [0.29, 0.717) is 11.3 Å². The van der Waals surface area contributed by atoms with Gasteiger partial charge in [-0.2, -0.15) is 0 Å². The van der Waals surface area contributed by atoms with Crippen molar-refractivity contribution in [3.05, 3.63) is 23.3 Å². The minimum Gasteiger partial charge on any atom is -0.507 e. The predicted molar refractivity (Wildman–Crippen MR) is 48.9 cm³/mol. The van der Waals surface area contributed by atoms with Crippen LogP contribution in [0, 0.1) is 13.8 Å². The van der Waals surface area contributed by atoms with E-state index in [2.05, 4.69) is 0 Å². The summed E-state index contributed by atoms with van der Waals surface area (Å²) >= 11 is 0. The zero-order chi connectivity index (χ0) is 10.0. The zero-order valence-electron chi connectivity index (χ0n) is 7.92. The van der Waals surface area contributed by atoms with Gasteiger partial charge in [0, 0.05) is 12.5 Å². The van der Waals surface area contributed by atoms with Crippen LogP contribution in [-0.4, -0.2) is 11.1 Å². The number of benzene rings is 1. The zero-order valence-corrected chi connectivity index (χ0v) is 7.92. The Bertz CT molecular complexity index is 342. The molecule has 1 aromatic carbocycles. The molecule has 0 aliphatic heterocycles. The van der Waals surface area contributed by atoms with Crippen molar-refractivity contribution in [2.75, 3.05) is 0 Å². The standard InChI is InChI=1S/C10H12O3/c1-6-4-5-9(13-8(3)11)7(2)10(6)12/h4-5,12H,1-3H3.